The van der Waals surface area contributed by atoms with Gasteiger partial charge in [-0.1, -0.05) is 67.8 Å². The van der Waals surface area contributed by atoms with Crippen LogP contribution < -0.4 is 22.1 Å². The second-order valence-electron chi connectivity index (χ2n) is 10.2. The van der Waals surface area contributed by atoms with Gasteiger partial charge in [0.25, 0.3) is 0 Å². The van der Waals surface area contributed by atoms with Crippen molar-refractivity contribution in [3.63, 3.8) is 0 Å². The zero-order valence-corrected chi connectivity index (χ0v) is 22.3. The SMILES string of the molecule is CN(C)C(=O)C(Cc1ccc(C(=N)N)cc1)C(=O)N[C@H](C(=O)NCc1ccc(CN)cc1)C1CCCCC1. The molecule has 1 aliphatic carbocycles. The predicted octanol–water partition coefficient (Wildman–Crippen LogP) is 2.06. The fraction of sp³-hybridized carbons (Fsp3) is 0.448. The zero-order chi connectivity index (χ0) is 27.7. The number of benzene rings is 2. The third-order valence-corrected chi connectivity index (χ3v) is 7.19. The first-order valence-electron chi connectivity index (χ1n) is 13.2. The maximum Gasteiger partial charge on any atom is 0.243 e. The number of carbonyl (C=O) groups excluding carboxylic acids is 3. The van der Waals surface area contributed by atoms with E-state index < -0.39 is 17.9 Å². The van der Waals surface area contributed by atoms with Crippen LogP contribution in [0.15, 0.2) is 48.5 Å². The Balaban J connectivity index is 1.76. The largest absolute Gasteiger partial charge is 0.384 e. The van der Waals surface area contributed by atoms with Gasteiger partial charge < -0.3 is 27.0 Å². The van der Waals surface area contributed by atoms with E-state index in [4.69, 9.17) is 16.9 Å². The Bertz CT molecular complexity index is 1110. The van der Waals surface area contributed by atoms with Crippen molar-refractivity contribution in [1.29, 1.82) is 5.41 Å². The normalized spacial score (nSPS) is 15.2. The molecule has 9 nitrogen and oxygen atoms in total. The highest BCUT2D eigenvalue weighted by atomic mass is 16.2. The molecule has 2 aromatic carbocycles. The topological polar surface area (TPSA) is 154 Å². The van der Waals surface area contributed by atoms with E-state index >= 15 is 0 Å². The lowest BCUT2D eigenvalue weighted by Crippen LogP contribution is -2.54. The minimum Gasteiger partial charge on any atom is -0.384 e. The summed E-state index contributed by atoms with van der Waals surface area (Å²) in [6.45, 7) is 0.793. The molecule has 3 amide bonds. The third kappa shape index (κ3) is 7.89. The van der Waals surface area contributed by atoms with E-state index in [1.165, 1.54) is 4.90 Å². The van der Waals surface area contributed by atoms with Gasteiger partial charge in [0.05, 0.1) is 0 Å². The summed E-state index contributed by atoms with van der Waals surface area (Å²) in [6, 6.07) is 13.9. The minimum atomic E-state index is -0.990. The van der Waals surface area contributed by atoms with E-state index in [1.807, 2.05) is 24.3 Å². The van der Waals surface area contributed by atoms with E-state index in [9.17, 15) is 14.4 Å². The summed E-state index contributed by atoms with van der Waals surface area (Å²) in [6.07, 6.45) is 5.00. The van der Waals surface area contributed by atoms with E-state index in [2.05, 4.69) is 10.6 Å². The minimum absolute atomic E-state index is 0.0114. The van der Waals surface area contributed by atoms with Crippen LogP contribution in [-0.4, -0.2) is 48.6 Å². The number of carbonyl (C=O) groups is 3. The Morgan fingerprint density at radius 2 is 1.50 bits per heavy atom. The molecule has 0 bridgehead atoms. The molecule has 0 aromatic heterocycles. The van der Waals surface area contributed by atoms with Gasteiger partial charge in [-0.05, 0) is 41.9 Å². The number of nitrogens with one attached hydrogen (secondary N) is 3. The second-order valence-corrected chi connectivity index (χ2v) is 10.2. The molecule has 3 rings (SSSR count). The molecule has 1 aliphatic rings. The van der Waals surface area contributed by atoms with Crippen LogP contribution in [-0.2, 0) is 33.9 Å². The summed E-state index contributed by atoms with van der Waals surface area (Å²) in [5.74, 6) is -2.06. The van der Waals surface area contributed by atoms with Gasteiger partial charge in [0.1, 0.15) is 17.8 Å². The van der Waals surface area contributed by atoms with E-state index in [0.29, 0.717) is 18.7 Å². The molecule has 0 radical (unpaired) electrons. The standard InChI is InChI=1S/C29H40N6O3/c1-35(2)29(38)24(16-19-12-14-23(15-13-19)26(31)32)27(36)34-25(22-6-4-3-5-7-22)28(37)33-18-21-10-8-20(17-30)9-11-21/h8-15,22,24-25H,3-7,16-18,30H2,1-2H3,(H3,31,32)(H,33,37)(H,34,36)/t24?,25-/m0/s1. The molecular weight excluding hydrogens is 480 g/mol. The molecule has 0 spiro atoms. The maximum atomic E-state index is 13.6. The Kier molecular flexibility index (Phi) is 10.4. The molecule has 1 unspecified atom stereocenters. The van der Waals surface area contributed by atoms with Crippen LogP contribution >= 0.6 is 0 Å². The smallest absolute Gasteiger partial charge is 0.243 e. The van der Waals surface area contributed by atoms with Crippen molar-refractivity contribution in [3.8, 4) is 0 Å². The van der Waals surface area contributed by atoms with Gasteiger partial charge in [-0.25, -0.2) is 0 Å². The fourth-order valence-electron chi connectivity index (χ4n) is 4.87. The molecule has 2 aromatic rings. The first-order valence-corrected chi connectivity index (χ1v) is 13.2. The molecule has 7 N–H and O–H groups in total. The average Bonchev–Trinajstić information content (AvgIpc) is 2.93. The maximum absolute atomic E-state index is 13.6. The van der Waals surface area contributed by atoms with Crippen molar-refractivity contribution in [2.45, 2.75) is 57.7 Å². The molecular formula is C29H40N6O3. The van der Waals surface area contributed by atoms with Crippen LogP contribution in [0.25, 0.3) is 0 Å². The lowest BCUT2D eigenvalue weighted by molar-refractivity contribution is -0.142. The molecule has 9 heteroatoms. The first kappa shape index (κ1) is 28.8. The Morgan fingerprint density at radius 3 is 2.05 bits per heavy atom. The number of amidine groups is 1. The number of amides is 3. The van der Waals surface area contributed by atoms with Crippen LogP contribution in [0.2, 0.25) is 0 Å². The van der Waals surface area contributed by atoms with Gasteiger partial charge in [-0.2, -0.15) is 0 Å². The lowest BCUT2D eigenvalue weighted by Gasteiger charge is -2.31. The molecule has 1 fully saturated rings. The zero-order valence-electron chi connectivity index (χ0n) is 22.3. The lowest BCUT2D eigenvalue weighted by atomic mass is 9.83. The second kappa shape index (κ2) is 13.7. The molecule has 1 saturated carbocycles. The summed E-state index contributed by atoms with van der Waals surface area (Å²) in [4.78, 5) is 41.4. The molecule has 0 saturated heterocycles. The quantitative estimate of drug-likeness (QED) is 0.174. The van der Waals surface area contributed by atoms with E-state index in [-0.39, 0.29) is 30.0 Å². The van der Waals surface area contributed by atoms with Gasteiger partial charge in [0, 0.05) is 32.7 Å². The summed E-state index contributed by atoms with van der Waals surface area (Å²) in [7, 11) is 3.23. The molecule has 2 atom stereocenters. The van der Waals surface area contributed by atoms with E-state index in [0.717, 1.165) is 48.8 Å². The Hall–Kier alpha value is -3.72. The van der Waals surface area contributed by atoms with Crippen molar-refractivity contribution < 1.29 is 14.4 Å². The van der Waals surface area contributed by atoms with E-state index in [1.54, 1.807) is 38.4 Å². The first-order chi connectivity index (χ1) is 18.2. The van der Waals surface area contributed by atoms with Gasteiger partial charge in [0.15, 0.2) is 0 Å². The van der Waals surface area contributed by atoms with Crippen LogP contribution in [0.3, 0.4) is 0 Å². The van der Waals surface area contributed by atoms with Crippen LogP contribution in [0.4, 0.5) is 0 Å². The number of hydrogen-bond donors (Lipinski definition) is 5. The molecule has 204 valence electrons. The van der Waals surface area contributed by atoms with Gasteiger partial charge in [-0.15, -0.1) is 0 Å². The Morgan fingerprint density at radius 1 is 0.921 bits per heavy atom. The van der Waals surface area contributed by atoms with Crippen molar-refractivity contribution >= 4 is 23.6 Å². The number of rotatable bonds is 11. The van der Waals surface area contributed by atoms with Gasteiger partial charge in [-0.3, -0.25) is 19.8 Å². The highest BCUT2D eigenvalue weighted by Gasteiger charge is 2.35. The summed E-state index contributed by atoms with van der Waals surface area (Å²) in [5, 5.41) is 13.5. The number of hydrogen-bond acceptors (Lipinski definition) is 5. The summed E-state index contributed by atoms with van der Waals surface area (Å²) >= 11 is 0. The van der Waals surface area contributed by atoms with Crippen molar-refractivity contribution in [2.75, 3.05) is 14.1 Å². The average molecular weight is 521 g/mol. The Labute approximate surface area is 224 Å². The van der Waals surface area contributed by atoms with Gasteiger partial charge in [0.2, 0.25) is 17.7 Å². The number of nitrogen functional groups attached to an aromatic ring is 1. The van der Waals surface area contributed by atoms with Crippen molar-refractivity contribution in [1.82, 2.24) is 15.5 Å². The highest BCUT2D eigenvalue weighted by Crippen LogP contribution is 2.27. The van der Waals surface area contributed by atoms with Crippen molar-refractivity contribution in [3.05, 3.63) is 70.8 Å². The molecule has 38 heavy (non-hydrogen) atoms. The summed E-state index contributed by atoms with van der Waals surface area (Å²) < 4.78 is 0. The van der Waals surface area contributed by atoms with Crippen LogP contribution in [0.1, 0.15) is 54.4 Å². The number of nitrogens with zero attached hydrogens (tertiary/aromatic N) is 1. The summed E-state index contributed by atoms with van der Waals surface area (Å²) in [5.41, 5.74) is 14.5. The highest BCUT2D eigenvalue weighted by molar-refractivity contribution is 6.02. The third-order valence-electron chi connectivity index (χ3n) is 7.19. The van der Waals surface area contributed by atoms with Crippen LogP contribution in [0, 0.1) is 17.2 Å². The van der Waals surface area contributed by atoms with Gasteiger partial charge >= 0.3 is 0 Å². The number of nitrogens with two attached hydrogens (primary N) is 2. The predicted molar refractivity (Wildman–Crippen MR) is 148 cm³/mol. The molecule has 0 aliphatic heterocycles. The van der Waals surface area contributed by atoms with Crippen LogP contribution in [0.5, 0.6) is 0 Å². The molecule has 0 heterocycles. The fourth-order valence-corrected chi connectivity index (χ4v) is 4.87. The monoisotopic (exact) mass is 520 g/mol. The van der Waals surface area contributed by atoms with Crippen molar-refractivity contribution in [2.24, 2.45) is 23.3 Å².